The van der Waals surface area contributed by atoms with Gasteiger partial charge in [0.1, 0.15) is 10.7 Å². The highest BCUT2D eigenvalue weighted by Gasteiger charge is 2.22. The maximum atomic E-state index is 12.8. The van der Waals surface area contributed by atoms with Crippen LogP contribution in [0.1, 0.15) is 54.3 Å². The average molecular weight is 407 g/mol. The van der Waals surface area contributed by atoms with E-state index in [0.717, 1.165) is 24.8 Å². The fourth-order valence-electron chi connectivity index (χ4n) is 2.74. The van der Waals surface area contributed by atoms with Crippen molar-refractivity contribution in [3.8, 4) is 0 Å². The third-order valence-corrected chi connectivity index (χ3v) is 5.15. The van der Waals surface area contributed by atoms with Crippen LogP contribution in [0, 0.1) is 0 Å². The van der Waals surface area contributed by atoms with Gasteiger partial charge in [0, 0.05) is 17.9 Å². The van der Waals surface area contributed by atoms with Crippen LogP contribution in [0.15, 0.2) is 36.0 Å². The third-order valence-electron chi connectivity index (χ3n) is 4.14. The van der Waals surface area contributed by atoms with Crippen LogP contribution in [0.4, 0.5) is 0 Å². The van der Waals surface area contributed by atoms with E-state index in [1.54, 1.807) is 30.6 Å². The Labute approximate surface area is 168 Å². The van der Waals surface area contributed by atoms with Gasteiger partial charge in [0.05, 0.1) is 17.7 Å². The third kappa shape index (κ3) is 7.61. The highest BCUT2D eigenvalue weighted by Crippen LogP contribution is 2.15. The Bertz CT molecular complexity index is 777. The summed E-state index contributed by atoms with van der Waals surface area (Å²) in [6.07, 6.45) is 5.20. The molecule has 0 aliphatic rings. The fraction of sp³-hybridized carbons (Fsp3) is 0.400. The maximum Gasteiger partial charge on any atom is 0.263 e. The lowest BCUT2D eigenvalue weighted by Crippen LogP contribution is -2.41. The van der Waals surface area contributed by atoms with Crippen LogP contribution in [-0.4, -0.2) is 28.5 Å². The van der Waals surface area contributed by atoms with Crippen molar-refractivity contribution in [3.05, 3.63) is 51.4 Å². The predicted molar refractivity (Wildman–Crippen MR) is 107 cm³/mol. The molecular weight excluding hydrogens is 384 g/mol. The van der Waals surface area contributed by atoms with Gasteiger partial charge in [0.25, 0.3) is 5.91 Å². The van der Waals surface area contributed by atoms with Gasteiger partial charge in [-0.25, -0.2) is 0 Å². The van der Waals surface area contributed by atoms with Gasteiger partial charge in [0.15, 0.2) is 5.78 Å². The van der Waals surface area contributed by atoms with Gasteiger partial charge >= 0.3 is 0 Å². The minimum absolute atomic E-state index is 0.0540. The molecule has 1 aromatic heterocycles. The summed E-state index contributed by atoms with van der Waals surface area (Å²) in [4.78, 5) is 40.5. The Balaban J connectivity index is 1.97. The van der Waals surface area contributed by atoms with Crippen molar-refractivity contribution in [2.24, 2.45) is 0 Å². The largest absolute Gasteiger partial charge is 0.341 e. The fourth-order valence-corrected chi connectivity index (χ4v) is 3.48. The van der Waals surface area contributed by atoms with Crippen LogP contribution in [0.5, 0.6) is 0 Å². The van der Waals surface area contributed by atoms with Gasteiger partial charge in [-0.05, 0) is 37.5 Å². The van der Waals surface area contributed by atoms with Gasteiger partial charge in [-0.15, -0.1) is 11.3 Å². The number of halogens is 1. The number of carbonyl (C=O) groups is 3. The number of benzene rings is 1. The van der Waals surface area contributed by atoms with E-state index >= 15 is 0 Å². The van der Waals surface area contributed by atoms with E-state index in [-0.39, 0.29) is 23.9 Å². The molecule has 27 heavy (non-hydrogen) atoms. The smallest absolute Gasteiger partial charge is 0.263 e. The number of unbranched alkanes of at least 4 members (excludes halogenated alkanes) is 2. The number of thiazole rings is 1. The number of hydrogen-bond acceptors (Lipinski definition) is 5. The van der Waals surface area contributed by atoms with Gasteiger partial charge < -0.3 is 10.1 Å². The highest BCUT2D eigenvalue weighted by atomic mass is 35.5. The molecule has 0 saturated carbocycles. The molecule has 2 rings (SSSR count). The molecule has 7 heteroatoms. The number of rotatable bonds is 11. The second-order valence-electron chi connectivity index (χ2n) is 6.47. The molecule has 0 unspecified atom stereocenters. The summed E-state index contributed by atoms with van der Waals surface area (Å²) in [7, 11) is 0. The summed E-state index contributed by atoms with van der Waals surface area (Å²) in [5.41, 5.74) is 2.40. The molecule has 5 nitrogen and oxygen atoms in total. The van der Waals surface area contributed by atoms with Crippen LogP contribution in [0.25, 0.3) is 0 Å². The summed E-state index contributed by atoms with van der Waals surface area (Å²) in [6, 6.07) is 6.59. The molecule has 0 radical (unpaired) electrons. The van der Waals surface area contributed by atoms with E-state index in [0.29, 0.717) is 22.7 Å². The van der Waals surface area contributed by atoms with Crippen LogP contribution in [0.2, 0.25) is 5.02 Å². The monoisotopic (exact) mass is 406 g/mol. The number of aromatic nitrogens is 1. The molecule has 0 fully saturated rings. The van der Waals surface area contributed by atoms with Gasteiger partial charge in [0.2, 0.25) is 0 Å². The zero-order valence-electron chi connectivity index (χ0n) is 15.2. The number of ketones is 2. The number of carbonyl (C=O) groups excluding carboxylic acids is 3. The molecule has 1 N–H and O–H groups in total. The topological polar surface area (TPSA) is 76.1 Å². The lowest BCUT2D eigenvalue weighted by atomic mass is 9.98. The van der Waals surface area contributed by atoms with Crippen molar-refractivity contribution in [1.82, 2.24) is 10.3 Å². The first-order valence-electron chi connectivity index (χ1n) is 8.91. The van der Waals surface area contributed by atoms with Crippen molar-refractivity contribution >= 4 is 40.4 Å². The standard InChI is InChI=1S/C20H23ClN2O3S/c1-14(24)6-3-2-4-9-17(23-20(26)19-12-22-13-27-19)18(25)11-15-7-5-8-16(21)10-15/h5,7-8,10,12-13,17H,2-4,6,9,11H2,1H3,(H,23,26)/t17-/m0/s1. The normalized spacial score (nSPS) is 11.8. The lowest BCUT2D eigenvalue weighted by molar-refractivity contribution is -0.120. The zero-order valence-corrected chi connectivity index (χ0v) is 16.8. The Morgan fingerprint density at radius 2 is 2.04 bits per heavy atom. The maximum absolute atomic E-state index is 12.8. The highest BCUT2D eigenvalue weighted by molar-refractivity contribution is 7.11. The van der Waals surface area contributed by atoms with Crippen LogP contribution < -0.4 is 5.32 Å². The van der Waals surface area contributed by atoms with Crippen LogP contribution >= 0.6 is 22.9 Å². The second-order valence-corrected chi connectivity index (χ2v) is 7.79. The lowest BCUT2D eigenvalue weighted by Gasteiger charge is -2.17. The first kappa shape index (κ1) is 21.3. The molecule has 0 saturated heterocycles. The van der Waals surface area contributed by atoms with E-state index < -0.39 is 6.04 Å². The molecule has 1 atom stereocenters. The number of amides is 1. The molecule has 1 amide bonds. The van der Waals surface area contributed by atoms with E-state index in [2.05, 4.69) is 10.3 Å². The van der Waals surface area contributed by atoms with Crippen molar-refractivity contribution in [1.29, 1.82) is 0 Å². The summed E-state index contributed by atoms with van der Waals surface area (Å²) >= 11 is 7.23. The summed E-state index contributed by atoms with van der Waals surface area (Å²) in [6.45, 7) is 1.58. The second kappa shape index (κ2) is 10.9. The SMILES string of the molecule is CC(=O)CCCCC[C@H](NC(=O)c1cncs1)C(=O)Cc1cccc(Cl)c1. The Hall–Kier alpha value is -2.05. The molecule has 144 valence electrons. The molecule has 1 heterocycles. The number of Topliss-reactive ketones (excluding diaryl/α,β-unsaturated/α-hetero) is 2. The molecule has 1 aromatic carbocycles. The Morgan fingerprint density at radius 1 is 1.22 bits per heavy atom. The van der Waals surface area contributed by atoms with Gasteiger partial charge in [-0.2, -0.15) is 0 Å². The molecule has 2 aromatic rings. The van der Waals surface area contributed by atoms with Crippen molar-refractivity contribution in [2.45, 2.75) is 51.5 Å². The Kier molecular flexibility index (Phi) is 8.61. The zero-order chi connectivity index (χ0) is 19.6. The van der Waals surface area contributed by atoms with E-state index in [1.165, 1.54) is 17.5 Å². The Morgan fingerprint density at radius 3 is 2.70 bits per heavy atom. The molecule has 0 aliphatic carbocycles. The number of nitrogens with zero attached hydrogens (tertiary/aromatic N) is 1. The van der Waals surface area contributed by atoms with Crippen molar-refractivity contribution in [2.75, 3.05) is 0 Å². The average Bonchev–Trinajstić information content (AvgIpc) is 3.14. The van der Waals surface area contributed by atoms with Gasteiger partial charge in [-0.3, -0.25) is 14.6 Å². The summed E-state index contributed by atoms with van der Waals surface area (Å²) < 4.78 is 0. The van der Waals surface area contributed by atoms with Crippen molar-refractivity contribution in [3.63, 3.8) is 0 Å². The number of nitrogens with one attached hydrogen (secondary N) is 1. The van der Waals surface area contributed by atoms with E-state index in [4.69, 9.17) is 11.6 Å². The minimum atomic E-state index is -0.573. The predicted octanol–water partition coefficient (Wildman–Crippen LogP) is 4.25. The summed E-state index contributed by atoms with van der Waals surface area (Å²) in [5.74, 6) is -0.172. The first-order valence-corrected chi connectivity index (χ1v) is 10.2. The summed E-state index contributed by atoms with van der Waals surface area (Å²) in [5, 5.41) is 3.41. The van der Waals surface area contributed by atoms with Crippen LogP contribution in [0.3, 0.4) is 0 Å². The van der Waals surface area contributed by atoms with E-state index in [9.17, 15) is 14.4 Å². The number of hydrogen-bond donors (Lipinski definition) is 1. The van der Waals surface area contributed by atoms with Gasteiger partial charge in [-0.1, -0.05) is 36.6 Å². The molecule has 0 bridgehead atoms. The minimum Gasteiger partial charge on any atom is -0.341 e. The quantitative estimate of drug-likeness (QED) is 0.566. The first-order chi connectivity index (χ1) is 13.0. The van der Waals surface area contributed by atoms with Crippen LogP contribution in [-0.2, 0) is 16.0 Å². The van der Waals surface area contributed by atoms with E-state index in [1.807, 2.05) is 6.07 Å². The molecule has 0 spiro atoms. The van der Waals surface area contributed by atoms with Crippen molar-refractivity contribution < 1.29 is 14.4 Å². The molecule has 0 aliphatic heterocycles. The molecular formula is C20H23ClN2O3S.